The largest absolute Gasteiger partial charge is 0.435 e. The van der Waals surface area contributed by atoms with Gasteiger partial charge in [-0.25, -0.2) is 0 Å². The molecule has 128 valence electrons. The molecule has 3 nitrogen and oxygen atoms in total. The van der Waals surface area contributed by atoms with Crippen molar-refractivity contribution < 1.29 is 18.3 Å². The van der Waals surface area contributed by atoms with Gasteiger partial charge >= 0.3 is 6.61 Å². The average molecular weight is 333 g/mol. The monoisotopic (exact) mass is 333 g/mol. The van der Waals surface area contributed by atoms with Crippen LogP contribution in [0.4, 0.5) is 8.78 Å². The number of carbonyl (C=O) groups is 1. The Kier molecular flexibility index (Phi) is 6.29. The van der Waals surface area contributed by atoms with Crippen LogP contribution in [0.25, 0.3) is 0 Å². The number of ether oxygens (including phenoxy) is 1. The van der Waals surface area contributed by atoms with Crippen molar-refractivity contribution in [3.8, 4) is 5.75 Å². The van der Waals surface area contributed by atoms with Crippen molar-refractivity contribution in [1.29, 1.82) is 0 Å². The summed E-state index contributed by atoms with van der Waals surface area (Å²) >= 11 is 0. The third kappa shape index (κ3) is 5.65. The number of halogens is 2. The molecule has 0 atom stereocenters. The van der Waals surface area contributed by atoms with Crippen molar-refractivity contribution in [2.75, 3.05) is 7.05 Å². The zero-order valence-corrected chi connectivity index (χ0v) is 13.8. The molecule has 0 saturated carbocycles. The van der Waals surface area contributed by atoms with Gasteiger partial charge in [0.1, 0.15) is 5.75 Å². The van der Waals surface area contributed by atoms with E-state index < -0.39 is 6.61 Å². The van der Waals surface area contributed by atoms with Crippen LogP contribution >= 0.6 is 0 Å². The Hall–Kier alpha value is -2.43. The number of carbonyl (C=O) groups excluding carboxylic acids is 1. The van der Waals surface area contributed by atoms with E-state index in [1.807, 2.05) is 31.2 Å². The second-order valence-electron chi connectivity index (χ2n) is 5.76. The maximum absolute atomic E-state index is 12.2. The van der Waals surface area contributed by atoms with Gasteiger partial charge in [-0.1, -0.05) is 42.0 Å². The molecule has 24 heavy (non-hydrogen) atoms. The van der Waals surface area contributed by atoms with E-state index in [2.05, 4.69) is 4.74 Å². The van der Waals surface area contributed by atoms with E-state index in [0.29, 0.717) is 19.4 Å². The minimum Gasteiger partial charge on any atom is -0.435 e. The fourth-order valence-electron chi connectivity index (χ4n) is 2.34. The smallest absolute Gasteiger partial charge is 0.387 e. The van der Waals surface area contributed by atoms with Gasteiger partial charge in [-0.3, -0.25) is 4.79 Å². The van der Waals surface area contributed by atoms with Gasteiger partial charge in [0, 0.05) is 20.0 Å². The molecule has 0 aromatic heterocycles. The second kappa shape index (κ2) is 8.43. The van der Waals surface area contributed by atoms with Gasteiger partial charge in [0.05, 0.1) is 0 Å². The van der Waals surface area contributed by atoms with Crippen LogP contribution < -0.4 is 4.74 Å². The average Bonchev–Trinajstić information content (AvgIpc) is 2.55. The molecule has 0 aliphatic heterocycles. The number of alkyl halides is 2. The molecule has 1 amide bonds. The van der Waals surface area contributed by atoms with Crippen molar-refractivity contribution in [3.05, 3.63) is 65.2 Å². The minimum absolute atomic E-state index is 0.0449. The van der Waals surface area contributed by atoms with E-state index in [4.69, 9.17) is 0 Å². The van der Waals surface area contributed by atoms with E-state index in [-0.39, 0.29) is 11.7 Å². The highest BCUT2D eigenvalue weighted by Gasteiger charge is 2.10. The fraction of sp³-hybridized carbons (Fsp3) is 0.316. The Bertz CT molecular complexity index is 654. The van der Waals surface area contributed by atoms with Gasteiger partial charge in [-0.2, -0.15) is 8.78 Å². The molecule has 0 N–H and O–H groups in total. The lowest BCUT2D eigenvalue weighted by molar-refractivity contribution is -0.130. The first-order valence-corrected chi connectivity index (χ1v) is 7.77. The highest BCUT2D eigenvalue weighted by molar-refractivity contribution is 5.76. The lowest BCUT2D eigenvalue weighted by Crippen LogP contribution is -2.26. The summed E-state index contributed by atoms with van der Waals surface area (Å²) in [5.41, 5.74) is 3.19. The van der Waals surface area contributed by atoms with Crippen LogP contribution in [0, 0.1) is 6.92 Å². The standard InChI is InChI=1S/C19H21F2NO2/c1-14-3-5-15(6-4-14)9-12-18(23)22(2)13-16-7-10-17(11-8-16)24-19(20)21/h3-8,10-11,19H,9,12-13H2,1-2H3. The third-order valence-corrected chi connectivity index (χ3v) is 3.74. The lowest BCUT2D eigenvalue weighted by Gasteiger charge is -2.17. The summed E-state index contributed by atoms with van der Waals surface area (Å²) in [7, 11) is 1.74. The van der Waals surface area contributed by atoms with E-state index in [1.165, 1.54) is 17.7 Å². The predicted octanol–water partition coefficient (Wildman–Crippen LogP) is 4.19. The van der Waals surface area contributed by atoms with Crippen LogP contribution in [0.5, 0.6) is 5.75 Å². The first kappa shape index (κ1) is 17.9. The third-order valence-electron chi connectivity index (χ3n) is 3.74. The van der Waals surface area contributed by atoms with Crippen LogP contribution in [-0.2, 0) is 17.8 Å². The molecule has 0 unspecified atom stereocenters. The van der Waals surface area contributed by atoms with Gasteiger partial charge in [0.25, 0.3) is 0 Å². The summed E-state index contributed by atoms with van der Waals surface area (Å²) in [6.07, 6.45) is 1.14. The number of rotatable bonds is 7. The molecule has 2 aromatic carbocycles. The quantitative estimate of drug-likeness (QED) is 0.760. The zero-order chi connectivity index (χ0) is 17.5. The van der Waals surface area contributed by atoms with E-state index >= 15 is 0 Å². The molecule has 5 heteroatoms. The first-order chi connectivity index (χ1) is 11.4. The Morgan fingerprint density at radius 1 is 1.04 bits per heavy atom. The van der Waals surface area contributed by atoms with Gasteiger partial charge < -0.3 is 9.64 Å². The van der Waals surface area contributed by atoms with Crippen molar-refractivity contribution >= 4 is 5.91 Å². The van der Waals surface area contributed by atoms with Crippen LogP contribution in [0.3, 0.4) is 0 Å². The maximum atomic E-state index is 12.2. The summed E-state index contributed by atoms with van der Waals surface area (Å²) in [4.78, 5) is 13.8. The Labute approximate surface area is 140 Å². The van der Waals surface area contributed by atoms with Gasteiger partial charge in [0.15, 0.2) is 0 Å². The summed E-state index contributed by atoms with van der Waals surface area (Å²) in [6, 6.07) is 14.5. The van der Waals surface area contributed by atoms with Crippen LogP contribution in [-0.4, -0.2) is 24.5 Å². The number of hydrogen-bond acceptors (Lipinski definition) is 2. The van der Waals surface area contributed by atoms with E-state index in [9.17, 15) is 13.6 Å². The molecule has 2 aromatic rings. The second-order valence-corrected chi connectivity index (χ2v) is 5.76. The Morgan fingerprint density at radius 3 is 2.21 bits per heavy atom. The highest BCUT2D eigenvalue weighted by atomic mass is 19.3. The number of amides is 1. The number of nitrogens with zero attached hydrogens (tertiary/aromatic N) is 1. The van der Waals surface area contributed by atoms with Crippen molar-refractivity contribution in [3.63, 3.8) is 0 Å². The molecular weight excluding hydrogens is 312 g/mol. The zero-order valence-electron chi connectivity index (χ0n) is 13.8. The molecule has 0 spiro atoms. The number of benzene rings is 2. The van der Waals surface area contributed by atoms with Crippen molar-refractivity contribution in [1.82, 2.24) is 4.90 Å². The summed E-state index contributed by atoms with van der Waals surface area (Å²) in [5, 5.41) is 0. The normalized spacial score (nSPS) is 10.7. The number of aryl methyl sites for hydroxylation is 2. The minimum atomic E-state index is -2.83. The summed E-state index contributed by atoms with van der Waals surface area (Å²) in [5.74, 6) is 0.158. The van der Waals surface area contributed by atoms with E-state index in [1.54, 1.807) is 24.1 Å². The van der Waals surface area contributed by atoms with Gasteiger partial charge in [0.2, 0.25) is 5.91 Å². The molecule has 2 rings (SSSR count). The molecule has 0 aliphatic rings. The van der Waals surface area contributed by atoms with Crippen molar-refractivity contribution in [2.24, 2.45) is 0 Å². The van der Waals surface area contributed by atoms with Gasteiger partial charge in [-0.15, -0.1) is 0 Å². The fourth-order valence-corrected chi connectivity index (χ4v) is 2.34. The molecule has 0 saturated heterocycles. The van der Waals surface area contributed by atoms with Crippen LogP contribution in [0.15, 0.2) is 48.5 Å². The lowest BCUT2D eigenvalue weighted by atomic mass is 10.1. The molecular formula is C19H21F2NO2. The molecule has 0 heterocycles. The molecule has 0 fully saturated rings. The maximum Gasteiger partial charge on any atom is 0.387 e. The van der Waals surface area contributed by atoms with Crippen LogP contribution in [0.2, 0.25) is 0 Å². The highest BCUT2D eigenvalue weighted by Crippen LogP contribution is 2.16. The summed E-state index contributed by atoms with van der Waals surface area (Å²) in [6.45, 7) is -0.371. The van der Waals surface area contributed by atoms with Crippen LogP contribution in [0.1, 0.15) is 23.1 Å². The first-order valence-electron chi connectivity index (χ1n) is 7.77. The van der Waals surface area contributed by atoms with Gasteiger partial charge in [-0.05, 0) is 36.6 Å². The molecule has 0 radical (unpaired) electrons. The van der Waals surface area contributed by atoms with E-state index in [0.717, 1.165) is 11.1 Å². The molecule has 0 bridgehead atoms. The summed E-state index contributed by atoms with van der Waals surface area (Å²) < 4.78 is 28.5. The topological polar surface area (TPSA) is 29.5 Å². The van der Waals surface area contributed by atoms with Crippen molar-refractivity contribution in [2.45, 2.75) is 32.9 Å². The Balaban J connectivity index is 1.83. The number of hydrogen-bond donors (Lipinski definition) is 0. The Morgan fingerprint density at radius 2 is 1.62 bits per heavy atom. The predicted molar refractivity (Wildman–Crippen MR) is 89.0 cm³/mol. The molecule has 0 aliphatic carbocycles. The SMILES string of the molecule is Cc1ccc(CCC(=O)N(C)Cc2ccc(OC(F)F)cc2)cc1.